The first-order chi connectivity index (χ1) is 11.8. The number of likely N-dealkylation sites (N-methyl/N-ethyl adjacent to an activating group) is 1. The third-order valence-electron chi connectivity index (χ3n) is 3.41. The van der Waals surface area contributed by atoms with Crippen molar-refractivity contribution in [3.8, 4) is 6.19 Å². The van der Waals surface area contributed by atoms with Crippen molar-refractivity contribution in [1.29, 1.82) is 5.26 Å². The van der Waals surface area contributed by atoms with Gasteiger partial charge in [-0.15, -0.1) is 0 Å². The smallest absolute Gasteiger partial charge is 0.243 e. The van der Waals surface area contributed by atoms with Crippen molar-refractivity contribution in [3.63, 3.8) is 0 Å². The van der Waals surface area contributed by atoms with Gasteiger partial charge in [0, 0.05) is 25.2 Å². The van der Waals surface area contributed by atoms with Gasteiger partial charge in [-0.05, 0) is 41.5 Å². The summed E-state index contributed by atoms with van der Waals surface area (Å²) in [6.07, 6.45) is 1.26. The van der Waals surface area contributed by atoms with Crippen LogP contribution in [0.25, 0.3) is 0 Å². The van der Waals surface area contributed by atoms with Gasteiger partial charge in [0.15, 0.2) is 6.19 Å². The summed E-state index contributed by atoms with van der Waals surface area (Å²) in [5, 5.41) is 18.9. The molecule has 9 nitrogen and oxygen atoms in total. The molecule has 140 valence electrons. The number of rotatable bonds is 7. The zero-order valence-electron chi connectivity index (χ0n) is 16.0. The van der Waals surface area contributed by atoms with Crippen molar-refractivity contribution in [3.05, 3.63) is 0 Å². The molecule has 0 aromatic carbocycles. The van der Waals surface area contributed by atoms with Crippen LogP contribution in [0.1, 0.15) is 41.5 Å². The number of guanidine groups is 2. The zero-order valence-corrected chi connectivity index (χ0v) is 16.0. The fraction of sp³-hybridized carbons (Fsp3) is 0.750. The molecule has 9 heteroatoms. The highest BCUT2D eigenvalue weighted by Crippen LogP contribution is 2.07. The molecule has 0 atom stereocenters. The fourth-order valence-corrected chi connectivity index (χ4v) is 2.26. The normalized spacial score (nSPS) is 14.4. The summed E-state index contributed by atoms with van der Waals surface area (Å²) in [4.78, 5) is 24.1. The van der Waals surface area contributed by atoms with E-state index < -0.39 is 6.29 Å². The van der Waals surface area contributed by atoms with E-state index in [0.717, 1.165) is 0 Å². The fourth-order valence-electron chi connectivity index (χ4n) is 2.26. The molecule has 1 aliphatic rings. The van der Waals surface area contributed by atoms with Crippen molar-refractivity contribution < 1.29 is 4.79 Å². The lowest BCUT2D eigenvalue weighted by Crippen LogP contribution is -2.55. The van der Waals surface area contributed by atoms with E-state index in [-0.39, 0.29) is 24.5 Å². The molecule has 0 radical (unpaired) electrons. The van der Waals surface area contributed by atoms with Gasteiger partial charge in [-0.25, -0.2) is 9.98 Å². The van der Waals surface area contributed by atoms with Crippen LogP contribution in [-0.4, -0.2) is 65.6 Å². The Bertz CT molecular complexity index is 519. The SMILES string of the molecule is CCN(CC)C(=O)CN(C#N)C1N=C(NC(C)C)NC(NC(C)C)=N1. The first-order valence-corrected chi connectivity index (χ1v) is 8.70. The van der Waals surface area contributed by atoms with Crippen LogP contribution in [0.5, 0.6) is 0 Å². The van der Waals surface area contributed by atoms with Gasteiger partial charge >= 0.3 is 0 Å². The number of amides is 1. The third kappa shape index (κ3) is 6.49. The lowest BCUT2D eigenvalue weighted by Gasteiger charge is -2.29. The molecule has 25 heavy (non-hydrogen) atoms. The first kappa shape index (κ1) is 20.5. The van der Waals surface area contributed by atoms with Gasteiger partial charge in [0.1, 0.15) is 6.54 Å². The van der Waals surface area contributed by atoms with Crippen LogP contribution in [0, 0.1) is 11.5 Å². The summed E-state index contributed by atoms with van der Waals surface area (Å²) in [6, 6.07) is 0.330. The molecule has 3 N–H and O–H groups in total. The number of nitriles is 1. The Morgan fingerprint density at radius 2 is 1.64 bits per heavy atom. The van der Waals surface area contributed by atoms with Gasteiger partial charge in [0.2, 0.25) is 24.1 Å². The molecular formula is C16H30N8O. The molecule has 0 fully saturated rings. The number of nitrogens with one attached hydrogen (secondary N) is 3. The maximum Gasteiger partial charge on any atom is 0.243 e. The Morgan fingerprint density at radius 3 is 2.00 bits per heavy atom. The standard InChI is InChI=1S/C16H30N8O/c1-7-23(8-2)13(25)9-24(10-17)16-21-14(18-11(3)4)20-15(22-16)19-12(5)6/h11-12,16H,7-9H2,1-6H3,(H3,18,19,20,21,22). The highest BCUT2D eigenvalue weighted by Gasteiger charge is 2.25. The van der Waals surface area contributed by atoms with E-state index >= 15 is 0 Å². The molecule has 1 rings (SSSR count). The predicted octanol–water partition coefficient (Wildman–Crippen LogP) is 0.233. The Balaban J connectivity index is 2.98. The second kappa shape index (κ2) is 9.71. The van der Waals surface area contributed by atoms with Gasteiger partial charge in [-0.2, -0.15) is 5.26 Å². The molecule has 0 aromatic heterocycles. The number of aliphatic imine (C=N–C) groups is 2. The van der Waals surface area contributed by atoms with Crippen LogP contribution in [0.2, 0.25) is 0 Å². The molecule has 1 heterocycles. The van der Waals surface area contributed by atoms with Gasteiger partial charge in [0.25, 0.3) is 0 Å². The Kier molecular flexibility index (Phi) is 7.98. The minimum Gasteiger partial charge on any atom is -0.354 e. The maximum atomic E-state index is 12.3. The number of carbonyl (C=O) groups excluding carboxylic acids is 1. The molecule has 0 aromatic rings. The highest BCUT2D eigenvalue weighted by molar-refractivity contribution is 6.00. The highest BCUT2D eigenvalue weighted by atomic mass is 16.2. The molecule has 1 aliphatic heterocycles. The minimum absolute atomic E-state index is 0.0558. The third-order valence-corrected chi connectivity index (χ3v) is 3.41. The van der Waals surface area contributed by atoms with Crippen LogP contribution in [-0.2, 0) is 4.79 Å². The summed E-state index contributed by atoms with van der Waals surface area (Å²) in [5.74, 6) is 0.926. The summed E-state index contributed by atoms with van der Waals surface area (Å²) in [7, 11) is 0. The Labute approximate surface area is 150 Å². The van der Waals surface area contributed by atoms with Crippen molar-refractivity contribution in [1.82, 2.24) is 25.8 Å². The van der Waals surface area contributed by atoms with Crippen LogP contribution in [0.4, 0.5) is 0 Å². The number of hydrogen-bond acceptors (Lipinski definition) is 8. The molecule has 0 aliphatic carbocycles. The van der Waals surface area contributed by atoms with Crippen molar-refractivity contribution in [2.75, 3.05) is 19.6 Å². The van der Waals surface area contributed by atoms with E-state index in [1.807, 2.05) is 47.7 Å². The van der Waals surface area contributed by atoms with Gasteiger partial charge in [0.05, 0.1) is 0 Å². The topological polar surface area (TPSA) is 108 Å². The summed E-state index contributed by atoms with van der Waals surface area (Å²) in [6.45, 7) is 12.9. The zero-order chi connectivity index (χ0) is 19.0. The number of hydrogen-bond donors (Lipinski definition) is 3. The monoisotopic (exact) mass is 350 g/mol. The summed E-state index contributed by atoms with van der Waals surface area (Å²) >= 11 is 0. The van der Waals surface area contributed by atoms with Crippen LogP contribution >= 0.6 is 0 Å². The molecule has 1 amide bonds. The Hall–Kier alpha value is -2.50. The average molecular weight is 350 g/mol. The Morgan fingerprint density at radius 1 is 1.16 bits per heavy atom. The molecule has 0 saturated carbocycles. The van der Waals surface area contributed by atoms with E-state index in [0.29, 0.717) is 25.0 Å². The molecule has 0 unspecified atom stereocenters. The van der Waals surface area contributed by atoms with Crippen LogP contribution in [0.3, 0.4) is 0 Å². The second-order valence-electron chi connectivity index (χ2n) is 6.32. The van der Waals surface area contributed by atoms with Crippen molar-refractivity contribution in [2.45, 2.75) is 59.9 Å². The quantitative estimate of drug-likeness (QED) is 0.448. The average Bonchev–Trinajstić information content (AvgIpc) is 2.52. The van der Waals surface area contributed by atoms with Crippen molar-refractivity contribution >= 4 is 17.8 Å². The van der Waals surface area contributed by atoms with E-state index in [1.54, 1.807) is 4.90 Å². The first-order valence-electron chi connectivity index (χ1n) is 8.70. The van der Waals surface area contributed by atoms with Crippen molar-refractivity contribution in [2.24, 2.45) is 9.98 Å². The lowest BCUT2D eigenvalue weighted by atomic mass is 10.4. The van der Waals surface area contributed by atoms with Gasteiger partial charge in [-0.3, -0.25) is 15.0 Å². The number of carbonyl (C=O) groups is 1. The maximum absolute atomic E-state index is 12.3. The molecule has 0 saturated heterocycles. The number of nitrogens with zero attached hydrogens (tertiary/aromatic N) is 5. The van der Waals surface area contributed by atoms with Crippen LogP contribution < -0.4 is 16.0 Å². The molecule has 0 spiro atoms. The van der Waals surface area contributed by atoms with E-state index in [1.165, 1.54) is 4.90 Å². The summed E-state index contributed by atoms with van der Waals surface area (Å²) < 4.78 is 0. The second-order valence-corrected chi connectivity index (χ2v) is 6.32. The molecule has 0 bridgehead atoms. The van der Waals surface area contributed by atoms with Crippen LogP contribution in [0.15, 0.2) is 9.98 Å². The van der Waals surface area contributed by atoms with Gasteiger partial charge < -0.3 is 15.5 Å². The van der Waals surface area contributed by atoms with E-state index in [9.17, 15) is 10.1 Å². The largest absolute Gasteiger partial charge is 0.354 e. The van der Waals surface area contributed by atoms with E-state index in [2.05, 4.69) is 25.9 Å². The predicted molar refractivity (Wildman–Crippen MR) is 98.6 cm³/mol. The molecular weight excluding hydrogens is 320 g/mol. The summed E-state index contributed by atoms with van der Waals surface area (Å²) in [5.41, 5.74) is 0. The van der Waals surface area contributed by atoms with Gasteiger partial charge in [-0.1, -0.05) is 0 Å². The minimum atomic E-state index is -0.784. The van der Waals surface area contributed by atoms with E-state index in [4.69, 9.17) is 0 Å². The lowest BCUT2D eigenvalue weighted by molar-refractivity contribution is -0.131.